The molecule has 4 N–H and O–H groups in total. The highest BCUT2D eigenvalue weighted by atomic mass is 16.3. The van der Waals surface area contributed by atoms with Crippen molar-refractivity contribution in [1.82, 2.24) is 10.6 Å². The molecule has 0 aliphatic carbocycles. The number of hydrogen-bond acceptors (Lipinski definition) is 4. The Hall–Kier alpha value is -1.59. The van der Waals surface area contributed by atoms with E-state index in [2.05, 4.69) is 29.8 Å². The Kier molecular flexibility index (Phi) is 29.4. The van der Waals surface area contributed by atoms with Crippen LogP contribution in [-0.2, 0) is 0 Å². The van der Waals surface area contributed by atoms with Crippen molar-refractivity contribution < 1.29 is 9.90 Å². The molecule has 0 unspecified atom stereocenters. The molecule has 1 rings (SSSR count). The van der Waals surface area contributed by atoms with Crippen LogP contribution < -0.4 is 16.0 Å². The third-order valence-electron chi connectivity index (χ3n) is 3.52. The molecule has 1 aromatic carbocycles. The SMILES string of the molecule is CC.CC.CC.CNC(C)(C)CO.CNc1ccc(C(=O)NCCC(C)C)cc1. The van der Waals surface area contributed by atoms with Crippen LogP contribution in [0.15, 0.2) is 24.3 Å². The molecule has 0 heterocycles. The van der Waals surface area contributed by atoms with Crippen LogP contribution in [0.4, 0.5) is 5.69 Å². The number of anilines is 1. The highest BCUT2D eigenvalue weighted by Gasteiger charge is 2.10. The summed E-state index contributed by atoms with van der Waals surface area (Å²) in [6.07, 6.45) is 1.01. The number of amides is 1. The Morgan fingerprint density at radius 2 is 1.41 bits per heavy atom. The lowest BCUT2D eigenvalue weighted by molar-refractivity contribution is 0.0952. The minimum Gasteiger partial charge on any atom is -0.394 e. The molecular formula is C24H51N3O2. The molecule has 174 valence electrons. The van der Waals surface area contributed by atoms with Gasteiger partial charge in [-0.1, -0.05) is 55.4 Å². The standard InChI is InChI=1S/C13H20N2O.C5H13NO.3C2H6/c1-10(2)8-9-15-13(16)11-4-6-12(14-3)7-5-11;1-5(2,4-7)6-3;3*1-2/h4-7,10,14H,8-9H2,1-3H3,(H,15,16);6-7H,4H2,1-3H3;3*1-2H3. The molecule has 0 bridgehead atoms. The summed E-state index contributed by atoms with van der Waals surface area (Å²) in [6, 6.07) is 7.46. The molecule has 0 fully saturated rings. The number of carbonyl (C=O) groups excluding carboxylic acids is 1. The number of carbonyl (C=O) groups is 1. The van der Waals surface area contributed by atoms with Gasteiger partial charge in [0.2, 0.25) is 0 Å². The van der Waals surface area contributed by atoms with Gasteiger partial charge < -0.3 is 21.1 Å². The summed E-state index contributed by atoms with van der Waals surface area (Å²) in [6.45, 7) is 21.1. The minimum atomic E-state index is -0.111. The number of likely N-dealkylation sites (N-methyl/N-ethyl adjacent to an activating group) is 1. The molecule has 0 radical (unpaired) electrons. The maximum atomic E-state index is 11.7. The van der Waals surface area contributed by atoms with Gasteiger partial charge in [-0.3, -0.25) is 4.79 Å². The monoisotopic (exact) mass is 413 g/mol. The fourth-order valence-corrected chi connectivity index (χ4v) is 1.44. The second kappa shape index (κ2) is 24.4. The Morgan fingerprint density at radius 3 is 1.69 bits per heavy atom. The Labute approximate surface area is 182 Å². The molecule has 0 aliphatic rings. The molecule has 1 amide bonds. The number of aliphatic hydroxyl groups excluding tert-OH is 1. The van der Waals surface area contributed by atoms with Crippen LogP contribution in [0.25, 0.3) is 0 Å². The smallest absolute Gasteiger partial charge is 0.251 e. The fraction of sp³-hybridized carbons (Fsp3) is 0.708. The van der Waals surface area contributed by atoms with Gasteiger partial charge in [-0.25, -0.2) is 0 Å². The molecule has 0 aliphatic heterocycles. The Bertz CT molecular complexity index is 438. The number of benzene rings is 1. The molecule has 29 heavy (non-hydrogen) atoms. The number of hydrogen-bond donors (Lipinski definition) is 4. The van der Waals surface area contributed by atoms with Crippen LogP contribution in [0.5, 0.6) is 0 Å². The third kappa shape index (κ3) is 22.6. The molecule has 1 aromatic rings. The lowest BCUT2D eigenvalue weighted by atomic mass is 10.1. The molecule has 0 saturated heterocycles. The van der Waals surface area contributed by atoms with E-state index in [0.717, 1.165) is 18.7 Å². The topological polar surface area (TPSA) is 73.4 Å². The molecule has 5 heteroatoms. The average molecular weight is 414 g/mol. The van der Waals surface area contributed by atoms with E-state index < -0.39 is 0 Å². The first kappa shape index (κ1) is 34.9. The average Bonchev–Trinajstić information content (AvgIpc) is 2.78. The van der Waals surface area contributed by atoms with E-state index >= 15 is 0 Å². The first-order valence-electron chi connectivity index (χ1n) is 11.1. The molecule has 0 saturated carbocycles. The Balaban J connectivity index is -0.000000202. The van der Waals surface area contributed by atoms with Crippen molar-refractivity contribution in [2.24, 2.45) is 5.92 Å². The summed E-state index contributed by atoms with van der Waals surface area (Å²) < 4.78 is 0. The summed E-state index contributed by atoms with van der Waals surface area (Å²) in [5.41, 5.74) is 1.61. The molecule has 0 aromatic heterocycles. The lowest BCUT2D eigenvalue weighted by Crippen LogP contribution is -2.39. The van der Waals surface area contributed by atoms with Gasteiger partial charge in [-0.2, -0.15) is 0 Å². The van der Waals surface area contributed by atoms with Gasteiger partial charge in [-0.05, 0) is 57.5 Å². The zero-order chi connectivity index (χ0) is 23.9. The summed E-state index contributed by atoms with van der Waals surface area (Å²) in [5, 5.41) is 17.4. The normalized spacial score (nSPS) is 9.17. The van der Waals surface area contributed by atoms with Crippen LogP contribution in [0.2, 0.25) is 0 Å². The van der Waals surface area contributed by atoms with Gasteiger partial charge in [0.25, 0.3) is 5.91 Å². The van der Waals surface area contributed by atoms with E-state index in [-0.39, 0.29) is 18.1 Å². The van der Waals surface area contributed by atoms with Crippen molar-refractivity contribution in [2.75, 3.05) is 32.6 Å². The molecule has 5 nitrogen and oxygen atoms in total. The maximum Gasteiger partial charge on any atom is 0.251 e. The lowest BCUT2D eigenvalue weighted by Gasteiger charge is -2.19. The van der Waals surface area contributed by atoms with Crippen LogP contribution >= 0.6 is 0 Å². The van der Waals surface area contributed by atoms with Crippen LogP contribution in [0.3, 0.4) is 0 Å². The van der Waals surface area contributed by atoms with Crippen molar-refractivity contribution >= 4 is 11.6 Å². The maximum absolute atomic E-state index is 11.7. The molecule has 0 atom stereocenters. The van der Waals surface area contributed by atoms with E-state index in [9.17, 15) is 4.79 Å². The van der Waals surface area contributed by atoms with Gasteiger partial charge in [-0.15, -0.1) is 0 Å². The predicted molar refractivity (Wildman–Crippen MR) is 132 cm³/mol. The second-order valence-electron chi connectivity index (χ2n) is 6.56. The van der Waals surface area contributed by atoms with Crippen LogP contribution in [0.1, 0.15) is 86.0 Å². The zero-order valence-electron chi connectivity index (χ0n) is 21.4. The predicted octanol–water partition coefficient (Wildman–Crippen LogP) is 5.56. The zero-order valence-corrected chi connectivity index (χ0v) is 21.4. The molecular weight excluding hydrogens is 362 g/mol. The highest BCUT2D eigenvalue weighted by molar-refractivity contribution is 5.94. The first-order chi connectivity index (χ1) is 13.8. The summed E-state index contributed by atoms with van der Waals surface area (Å²) >= 11 is 0. The van der Waals surface area contributed by atoms with Gasteiger partial charge in [0, 0.05) is 30.4 Å². The van der Waals surface area contributed by atoms with Gasteiger partial charge >= 0.3 is 0 Å². The number of rotatable bonds is 7. The van der Waals surface area contributed by atoms with Crippen molar-refractivity contribution in [3.05, 3.63) is 29.8 Å². The first-order valence-corrected chi connectivity index (χ1v) is 11.1. The fourth-order valence-electron chi connectivity index (χ4n) is 1.44. The van der Waals surface area contributed by atoms with Gasteiger partial charge in [0.15, 0.2) is 0 Å². The Morgan fingerprint density at radius 1 is 0.966 bits per heavy atom. The second-order valence-corrected chi connectivity index (χ2v) is 6.56. The van der Waals surface area contributed by atoms with Gasteiger partial charge in [0.1, 0.15) is 0 Å². The number of nitrogens with one attached hydrogen (secondary N) is 3. The quantitative estimate of drug-likeness (QED) is 0.472. The van der Waals surface area contributed by atoms with Crippen molar-refractivity contribution in [3.63, 3.8) is 0 Å². The largest absolute Gasteiger partial charge is 0.394 e. The van der Waals surface area contributed by atoms with E-state index in [0.29, 0.717) is 11.5 Å². The van der Waals surface area contributed by atoms with Crippen LogP contribution in [-0.4, -0.2) is 43.8 Å². The van der Waals surface area contributed by atoms with Crippen molar-refractivity contribution in [3.8, 4) is 0 Å². The third-order valence-corrected chi connectivity index (χ3v) is 3.52. The molecule has 0 spiro atoms. The van der Waals surface area contributed by atoms with Crippen molar-refractivity contribution in [1.29, 1.82) is 0 Å². The van der Waals surface area contributed by atoms with Gasteiger partial charge in [0.05, 0.1) is 6.61 Å². The summed E-state index contributed by atoms with van der Waals surface area (Å²) in [5.74, 6) is 0.621. The van der Waals surface area contributed by atoms with E-state index in [4.69, 9.17) is 5.11 Å². The van der Waals surface area contributed by atoms with E-state index in [1.165, 1.54) is 0 Å². The summed E-state index contributed by atoms with van der Waals surface area (Å²) in [7, 11) is 3.69. The minimum absolute atomic E-state index is 0.00306. The highest BCUT2D eigenvalue weighted by Crippen LogP contribution is 2.08. The summed E-state index contributed by atoms with van der Waals surface area (Å²) in [4.78, 5) is 11.7. The van der Waals surface area contributed by atoms with Crippen LogP contribution in [0, 0.1) is 5.92 Å². The van der Waals surface area contributed by atoms with E-state index in [1.807, 2.05) is 93.8 Å². The van der Waals surface area contributed by atoms with E-state index in [1.54, 1.807) is 0 Å². The van der Waals surface area contributed by atoms with Crippen molar-refractivity contribution in [2.45, 2.75) is 81.2 Å². The number of aliphatic hydroxyl groups is 1.